The third-order valence-corrected chi connectivity index (χ3v) is 3.20. The monoisotopic (exact) mass is 257 g/mol. The molecule has 1 atom stereocenters. The van der Waals surface area contributed by atoms with Crippen molar-refractivity contribution in [3.63, 3.8) is 0 Å². The van der Waals surface area contributed by atoms with Gasteiger partial charge in [-0.05, 0) is 24.3 Å². The van der Waals surface area contributed by atoms with Crippen LogP contribution >= 0.6 is 0 Å². The van der Waals surface area contributed by atoms with Crippen LogP contribution in [0.4, 0.5) is 10.1 Å². The number of nitrogens with zero attached hydrogens (tertiary/aromatic N) is 2. The number of halogens is 1. The second-order valence-electron chi connectivity index (χ2n) is 4.43. The molecule has 1 aliphatic heterocycles. The summed E-state index contributed by atoms with van der Waals surface area (Å²) in [6.07, 6.45) is 1.66. The Morgan fingerprint density at radius 2 is 2.16 bits per heavy atom. The minimum Gasteiger partial charge on any atom is -0.316 e. The van der Waals surface area contributed by atoms with Crippen LogP contribution in [-0.4, -0.2) is 10.9 Å². The Balaban J connectivity index is 1.99. The number of nitrogens with two attached hydrogens (primary N) is 1. The fraction of sp³-hybridized carbons (Fsp3) is 0.143. The highest BCUT2D eigenvalue weighted by Gasteiger charge is 2.35. The van der Waals surface area contributed by atoms with Gasteiger partial charge in [0.15, 0.2) is 0 Å². The molecule has 1 aliphatic rings. The molecule has 0 bridgehead atoms. The van der Waals surface area contributed by atoms with E-state index < -0.39 is 6.04 Å². The standard InChI is InChI=1S/C14H12FN3O/c15-9-4-5-11-12(7-9)18(14(19)13(11)16)8-10-3-1-2-6-17-10/h1-7,13H,8,16H2. The van der Waals surface area contributed by atoms with E-state index in [0.29, 0.717) is 17.8 Å². The van der Waals surface area contributed by atoms with E-state index in [0.717, 1.165) is 5.69 Å². The van der Waals surface area contributed by atoms with Crippen LogP contribution in [0.1, 0.15) is 17.3 Å². The first kappa shape index (κ1) is 11.8. The van der Waals surface area contributed by atoms with E-state index >= 15 is 0 Å². The summed E-state index contributed by atoms with van der Waals surface area (Å²) in [6, 6.07) is 8.95. The van der Waals surface area contributed by atoms with Gasteiger partial charge in [0.05, 0.1) is 17.9 Å². The normalized spacial score (nSPS) is 17.7. The number of amides is 1. The molecule has 0 fully saturated rings. The number of anilines is 1. The van der Waals surface area contributed by atoms with Crippen molar-refractivity contribution in [2.75, 3.05) is 4.90 Å². The quantitative estimate of drug-likeness (QED) is 0.892. The third kappa shape index (κ3) is 1.98. The van der Waals surface area contributed by atoms with E-state index in [4.69, 9.17) is 5.73 Å². The maximum Gasteiger partial charge on any atom is 0.248 e. The van der Waals surface area contributed by atoms with Gasteiger partial charge in [-0.15, -0.1) is 0 Å². The highest BCUT2D eigenvalue weighted by Crippen LogP contribution is 2.35. The van der Waals surface area contributed by atoms with Crippen LogP contribution in [0.3, 0.4) is 0 Å². The maximum atomic E-state index is 13.3. The van der Waals surface area contributed by atoms with Crippen molar-refractivity contribution < 1.29 is 9.18 Å². The average molecular weight is 257 g/mol. The second-order valence-corrected chi connectivity index (χ2v) is 4.43. The molecule has 2 N–H and O–H groups in total. The molecule has 5 heteroatoms. The van der Waals surface area contributed by atoms with E-state index in [-0.39, 0.29) is 11.7 Å². The molecule has 1 aromatic heterocycles. The topological polar surface area (TPSA) is 59.2 Å². The van der Waals surface area contributed by atoms with Crippen LogP contribution in [0.5, 0.6) is 0 Å². The van der Waals surface area contributed by atoms with E-state index in [9.17, 15) is 9.18 Å². The summed E-state index contributed by atoms with van der Waals surface area (Å²) < 4.78 is 13.3. The zero-order valence-corrected chi connectivity index (χ0v) is 10.1. The molecule has 0 aliphatic carbocycles. The Hall–Kier alpha value is -2.27. The first-order chi connectivity index (χ1) is 9.16. The van der Waals surface area contributed by atoms with Gasteiger partial charge in [-0.25, -0.2) is 4.39 Å². The maximum absolute atomic E-state index is 13.3. The lowest BCUT2D eigenvalue weighted by atomic mass is 10.1. The van der Waals surface area contributed by atoms with Crippen LogP contribution in [0.25, 0.3) is 0 Å². The molecular weight excluding hydrogens is 245 g/mol. The van der Waals surface area contributed by atoms with Crippen LogP contribution in [-0.2, 0) is 11.3 Å². The fourth-order valence-corrected chi connectivity index (χ4v) is 2.25. The molecule has 0 radical (unpaired) electrons. The number of fused-ring (bicyclic) bond motifs is 1. The first-order valence-electron chi connectivity index (χ1n) is 5.93. The van der Waals surface area contributed by atoms with Crippen LogP contribution in [0, 0.1) is 5.82 Å². The Labute approximate surface area is 109 Å². The molecule has 2 heterocycles. The first-order valence-corrected chi connectivity index (χ1v) is 5.93. The van der Waals surface area contributed by atoms with Crippen molar-refractivity contribution in [3.05, 3.63) is 59.7 Å². The summed E-state index contributed by atoms with van der Waals surface area (Å²) in [5, 5.41) is 0. The Bertz CT molecular complexity index is 630. The smallest absolute Gasteiger partial charge is 0.248 e. The lowest BCUT2D eigenvalue weighted by molar-refractivity contribution is -0.119. The average Bonchev–Trinajstić information content (AvgIpc) is 2.65. The van der Waals surface area contributed by atoms with E-state index in [2.05, 4.69) is 4.98 Å². The number of hydrogen-bond donors (Lipinski definition) is 1. The molecule has 1 aromatic carbocycles. The number of carbonyl (C=O) groups is 1. The molecular formula is C14H12FN3O. The largest absolute Gasteiger partial charge is 0.316 e. The molecule has 19 heavy (non-hydrogen) atoms. The summed E-state index contributed by atoms with van der Waals surface area (Å²) in [5.74, 6) is -0.613. The van der Waals surface area contributed by atoms with Gasteiger partial charge in [0.2, 0.25) is 5.91 Å². The Kier molecular flexibility index (Phi) is 2.76. The van der Waals surface area contributed by atoms with Crippen molar-refractivity contribution in [1.29, 1.82) is 0 Å². The third-order valence-electron chi connectivity index (χ3n) is 3.20. The van der Waals surface area contributed by atoms with Crippen molar-refractivity contribution in [2.45, 2.75) is 12.6 Å². The molecule has 0 spiro atoms. The summed E-state index contributed by atoms with van der Waals surface area (Å²) in [5.41, 5.74) is 7.77. The van der Waals surface area contributed by atoms with Crippen LogP contribution in [0.2, 0.25) is 0 Å². The van der Waals surface area contributed by atoms with Crippen LogP contribution in [0.15, 0.2) is 42.6 Å². The molecule has 0 saturated heterocycles. The molecule has 96 valence electrons. The number of benzene rings is 1. The van der Waals surface area contributed by atoms with Gasteiger partial charge in [-0.1, -0.05) is 12.1 Å². The zero-order chi connectivity index (χ0) is 13.4. The zero-order valence-electron chi connectivity index (χ0n) is 10.1. The second kappa shape index (κ2) is 4.44. The molecule has 4 nitrogen and oxygen atoms in total. The lowest BCUT2D eigenvalue weighted by Crippen LogP contribution is -2.31. The number of hydrogen-bond acceptors (Lipinski definition) is 3. The van der Waals surface area contributed by atoms with Crippen molar-refractivity contribution in [2.24, 2.45) is 5.73 Å². The van der Waals surface area contributed by atoms with E-state index in [1.807, 2.05) is 12.1 Å². The van der Waals surface area contributed by atoms with E-state index in [1.54, 1.807) is 18.3 Å². The predicted octanol–water partition coefficient (Wildman–Crippen LogP) is 1.77. The Morgan fingerprint density at radius 1 is 1.32 bits per heavy atom. The predicted molar refractivity (Wildman–Crippen MR) is 68.8 cm³/mol. The SMILES string of the molecule is NC1C(=O)N(Cc2ccccn2)c2cc(F)ccc21. The van der Waals surface area contributed by atoms with Gasteiger partial charge >= 0.3 is 0 Å². The summed E-state index contributed by atoms with van der Waals surface area (Å²) in [7, 11) is 0. The molecule has 3 rings (SSSR count). The molecule has 0 saturated carbocycles. The minimum atomic E-state index is -0.723. The highest BCUT2D eigenvalue weighted by molar-refractivity contribution is 6.04. The molecule has 2 aromatic rings. The summed E-state index contributed by atoms with van der Waals surface area (Å²) in [4.78, 5) is 17.8. The van der Waals surface area contributed by atoms with Crippen molar-refractivity contribution in [3.8, 4) is 0 Å². The van der Waals surface area contributed by atoms with Gasteiger partial charge in [0.25, 0.3) is 0 Å². The van der Waals surface area contributed by atoms with Crippen molar-refractivity contribution >= 4 is 11.6 Å². The van der Waals surface area contributed by atoms with E-state index in [1.165, 1.54) is 17.0 Å². The van der Waals surface area contributed by atoms with Gasteiger partial charge in [0, 0.05) is 11.8 Å². The highest BCUT2D eigenvalue weighted by atomic mass is 19.1. The van der Waals surface area contributed by atoms with Gasteiger partial charge in [-0.2, -0.15) is 0 Å². The number of rotatable bonds is 2. The summed E-state index contributed by atoms with van der Waals surface area (Å²) >= 11 is 0. The van der Waals surface area contributed by atoms with Crippen LogP contribution < -0.4 is 10.6 Å². The number of carbonyl (C=O) groups excluding carboxylic acids is 1. The molecule has 1 amide bonds. The summed E-state index contributed by atoms with van der Waals surface area (Å²) in [6.45, 7) is 0.295. The van der Waals surface area contributed by atoms with Gasteiger partial charge in [0.1, 0.15) is 11.9 Å². The molecule has 1 unspecified atom stereocenters. The van der Waals surface area contributed by atoms with Gasteiger partial charge in [-0.3, -0.25) is 9.78 Å². The van der Waals surface area contributed by atoms with Crippen molar-refractivity contribution in [1.82, 2.24) is 4.98 Å². The number of aromatic nitrogens is 1. The number of pyridine rings is 1. The van der Waals surface area contributed by atoms with Gasteiger partial charge < -0.3 is 10.6 Å². The fourth-order valence-electron chi connectivity index (χ4n) is 2.25. The minimum absolute atomic E-state index is 0.230. The lowest BCUT2D eigenvalue weighted by Gasteiger charge is -2.17. The Morgan fingerprint density at radius 3 is 2.89 bits per heavy atom.